The fraction of sp³-hybridized carbons (Fsp3) is 0.588. The molecule has 1 N–H and O–H groups in total. The van der Waals surface area contributed by atoms with E-state index < -0.39 is 22.0 Å². The van der Waals surface area contributed by atoms with E-state index >= 15 is 0 Å². The third-order valence-corrected chi connectivity index (χ3v) is 6.20. The van der Waals surface area contributed by atoms with E-state index in [4.69, 9.17) is 9.47 Å². The first-order chi connectivity index (χ1) is 12.2. The van der Waals surface area contributed by atoms with Gasteiger partial charge in [-0.1, -0.05) is 0 Å². The van der Waals surface area contributed by atoms with Crippen molar-refractivity contribution in [3.63, 3.8) is 0 Å². The van der Waals surface area contributed by atoms with Crippen LogP contribution >= 0.6 is 0 Å². The Balaban J connectivity index is 1.86. The van der Waals surface area contributed by atoms with Gasteiger partial charge < -0.3 is 19.5 Å². The van der Waals surface area contributed by atoms with Gasteiger partial charge >= 0.3 is 0 Å². The number of β-amino-alcohol motifs (C(OH)–C–C–N with tert-alkyl or cyclic N) is 1. The molecule has 2 atom stereocenters. The zero-order chi connectivity index (χ0) is 19.3. The van der Waals surface area contributed by atoms with Gasteiger partial charge in [0.1, 0.15) is 11.5 Å². The lowest BCUT2D eigenvalue weighted by Crippen LogP contribution is -2.35. The number of nitrogens with zero attached hydrogens (tertiary/aromatic N) is 2. The number of hydrogen-bond acceptors (Lipinski definition) is 6. The van der Waals surface area contributed by atoms with E-state index in [2.05, 4.69) is 0 Å². The first-order valence-electron chi connectivity index (χ1n) is 8.44. The summed E-state index contributed by atoms with van der Waals surface area (Å²) in [6.45, 7) is 2.60. The highest BCUT2D eigenvalue weighted by atomic mass is 32.2. The summed E-state index contributed by atoms with van der Waals surface area (Å²) in [5.74, 6) is 0.275. The number of aliphatic hydroxyl groups excluding tert-OH is 1. The van der Waals surface area contributed by atoms with Gasteiger partial charge in [-0.3, -0.25) is 4.79 Å². The van der Waals surface area contributed by atoms with Gasteiger partial charge in [0.15, 0.2) is 6.61 Å². The van der Waals surface area contributed by atoms with Crippen LogP contribution < -0.4 is 9.47 Å². The molecule has 146 valence electrons. The molecule has 1 amide bonds. The Labute approximate surface area is 154 Å². The van der Waals surface area contributed by atoms with Gasteiger partial charge in [0.2, 0.25) is 10.0 Å². The molecule has 1 aliphatic heterocycles. The molecule has 1 saturated heterocycles. The minimum Gasteiger partial charge on any atom is -0.494 e. The molecule has 26 heavy (non-hydrogen) atoms. The molecular weight excluding hydrogens is 360 g/mol. The molecule has 0 saturated carbocycles. The summed E-state index contributed by atoms with van der Waals surface area (Å²) in [6.07, 6.45) is -0.862. The molecule has 1 aromatic rings. The van der Waals surface area contributed by atoms with Gasteiger partial charge in [-0.05, 0) is 31.2 Å². The number of hydrogen-bond donors (Lipinski definition) is 1. The highest BCUT2D eigenvalue weighted by Gasteiger charge is 2.37. The molecule has 0 spiro atoms. The molecule has 8 nitrogen and oxygen atoms in total. The largest absolute Gasteiger partial charge is 0.494 e. The van der Waals surface area contributed by atoms with Crippen molar-refractivity contribution in [3.05, 3.63) is 24.3 Å². The van der Waals surface area contributed by atoms with Gasteiger partial charge in [0.05, 0.1) is 18.5 Å². The molecule has 0 unspecified atom stereocenters. The monoisotopic (exact) mass is 386 g/mol. The Hall–Kier alpha value is -1.84. The van der Waals surface area contributed by atoms with Gasteiger partial charge in [-0.15, -0.1) is 0 Å². The SMILES string of the molecule is CCOc1ccc(OCC(=O)N2C[C@@H](CS(=O)(=O)N(C)C)[C@H](O)C2)cc1. The van der Waals surface area contributed by atoms with Crippen LogP contribution in [0.15, 0.2) is 24.3 Å². The third kappa shape index (κ3) is 5.33. The minimum absolute atomic E-state index is 0.110. The highest BCUT2D eigenvalue weighted by molar-refractivity contribution is 7.89. The van der Waals surface area contributed by atoms with E-state index in [-0.39, 0.29) is 31.4 Å². The topological polar surface area (TPSA) is 96.4 Å². The predicted octanol–water partition coefficient (Wildman–Crippen LogP) is 0.175. The van der Waals surface area contributed by atoms with E-state index in [0.717, 1.165) is 10.1 Å². The Morgan fingerprint density at radius 2 is 1.77 bits per heavy atom. The van der Waals surface area contributed by atoms with Gasteiger partial charge in [0, 0.05) is 33.1 Å². The molecule has 0 aromatic heterocycles. The Morgan fingerprint density at radius 1 is 1.19 bits per heavy atom. The average Bonchev–Trinajstić information content (AvgIpc) is 2.94. The van der Waals surface area contributed by atoms with Crippen LogP contribution in [0.2, 0.25) is 0 Å². The fourth-order valence-corrected chi connectivity index (χ4v) is 3.84. The first kappa shape index (κ1) is 20.5. The van der Waals surface area contributed by atoms with Crippen LogP contribution in [0.4, 0.5) is 0 Å². The maximum atomic E-state index is 12.3. The van der Waals surface area contributed by atoms with Gasteiger partial charge in [-0.25, -0.2) is 12.7 Å². The Bertz CT molecular complexity index is 704. The van der Waals surface area contributed by atoms with Crippen LogP contribution in [0.3, 0.4) is 0 Å². The van der Waals surface area contributed by atoms with E-state index in [1.54, 1.807) is 24.3 Å². The number of carbonyl (C=O) groups excluding carboxylic acids is 1. The Kier molecular flexibility index (Phi) is 6.85. The van der Waals surface area contributed by atoms with Crippen LogP contribution in [0.5, 0.6) is 11.5 Å². The number of amides is 1. The quantitative estimate of drug-likeness (QED) is 0.684. The first-order valence-corrected chi connectivity index (χ1v) is 10.1. The Morgan fingerprint density at radius 3 is 2.31 bits per heavy atom. The second-order valence-corrected chi connectivity index (χ2v) is 8.61. The van der Waals surface area contributed by atoms with Crippen molar-refractivity contribution in [2.75, 3.05) is 46.2 Å². The summed E-state index contributed by atoms with van der Waals surface area (Å²) in [5, 5.41) is 10.1. The molecule has 1 fully saturated rings. The molecule has 0 aliphatic carbocycles. The molecule has 0 bridgehead atoms. The normalized spacial score (nSPS) is 20.4. The highest BCUT2D eigenvalue weighted by Crippen LogP contribution is 2.21. The van der Waals surface area contributed by atoms with Crippen molar-refractivity contribution in [1.82, 2.24) is 9.21 Å². The van der Waals surface area contributed by atoms with Gasteiger partial charge in [-0.2, -0.15) is 0 Å². The van der Waals surface area contributed by atoms with Crippen LogP contribution in [0.25, 0.3) is 0 Å². The molecule has 0 radical (unpaired) electrons. The van der Waals surface area contributed by atoms with E-state index in [1.165, 1.54) is 19.0 Å². The van der Waals surface area contributed by atoms with E-state index in [0.29, 0.717) is 12.4 Å². The van der Waals surface area contributed by atoms with Crippen molar-refractivity contribution < 1.29 is 27.8 Å². The molecular formula is C17H26N2O6S. The lowest BCUT2D eigenvalue weighted by molar-refractivity contribution is -0.132. The van der Waals surface area contributed by atoms with Crippen LogP contribution in [-0.2, 0) is 14.8 Å². The van der Waals surface area contributed by atoms with Crippen molar-refractivity contribution in [3.8, 4) is 11.5 Å². The fourth-order valence-electron chi connectivity index (χ4n) is 2.68. The summed E-state index contributed by atoms with van der Waals surface area (Å²) in [4.78, 5) is 13.7. The number of carbonyl (C=O) groups is 1. The van der Waals surface area contributed by atoms with Crippen molar-refractivity contribution in [2.45, 2.75) is 13.0 Å². The maximum absolute atomic E-state index is 12.3. The summed E-state index contributed by atoms with van der Waals surface area (Å²) in [6, 6.07) is 6.93. The lowest BCUT2D eigenvalue weighted by atomic mass is 10.1. The summed E-state index contributed by atoms with van der Waals surface area (Å²) in [7, 11) is -0.538. The smallest absolute Gasteiger partial charge is 0.260 e. The zero-order valence-electron chi connectivity index (χ0n) is 15.3. The number of rotatable bonds is 8. The lowest BCUT2D eigenvalue weighted by Gasteiger charge is -2.18. The summed E-state index contributed by atoms with van der Waals surface area (Å²) < 4.78 is 35.9. The van der Waals surface area contributed by atoms with Crippen LogP contribution in [0, 0.1) is 5.92 Å². The summed E-state index contributed by atoms with van der Waals surface area (Å²) in [5.41, 5.74) is 0. The molecule has 9 heteroatoms. The van der Waals surface area contributed by atoms with Crippen LogP contribution in [-0.4, -0.2) is 80.9 Å². The molecule has 1 heterocycles. The molecule has 2 rings (SSSR count). The maximum Gasteiger partial charge on any atom is 0.260 e. The third-order valence-electron chi connectivity index (χ3n) is 4.24. The molecule has 1 aromatic carbocycles. The van der Waals surface area contributed by atoms with E-state index in [9.17, 15) is 18.3 Å². The number of likely N-dealkylation sites (tertiary alicyclic amines) is 1. The number of sulfonamides is 1. The zero-order valence-corrected chi connectivity index (χ0v) is 16.1. The number of ether oxygens (including phenoxy) is 2. The number of aliphatic hydroxyl groups is 1. The van der Waals surface area contributed by atoms with Crippen molar-refractivity contribution in [1.29, 1.82) is 0 Å². The second-order valence-electron chi connectivity index (χ2n) is 6.38. The predicted molar refractivity (Wildman–Crippen MR) is 96.7 cm³/mol. The van der Waals surface area contributed by atoms with Crippen LogP contribution in [0.1, 0.15) is 6.92 Å². The van der Waals surface area contributed by atoms with Gasteiger partial charge in [0.25, 0.3) is 5.91 Å². The van der Waals surface area contributed by atoms with E-state index in [1.807, 2.05) is 6.92 Å². The van der Waals surface area contributed by atoms with Crippen molar-refractivity contribution in [2.24, 2.45) is 5.92 Å². The standard InChI is InChI=1S/C17H26N2O6S/c1-4-24-14-5-7-15(8-6-14)25-11-17(21)19-9-13(16(20)10-19)12-26(22,23)18(2)3/h5-8,13,16,20H,4,9-12H2,1-3H3/t13-,16+/m0/s1. The second kappa shape index (κ2) is 8.70. The minimum atomic E-state index is -3.44. The summed E-state index contributed by atoms with van der Waals surface area (Å²) >= 11 is 0. The van der Waals surface area contributed by atoms with Crippen molar-refractivity contribution >= 4 is 15.9 Å². The number of benzene rings is 1. The average molecular weight is 386 g/mol. The molecule has 1 aliphatic rings.